The van der Waals surface area contributed by atoms with Gasteiger partial charge in [-0.05, 0) is 47.0 Å². The lowest BCUT2D eigenvalue weighted by atomic mass is 10.0. The van der Waals surface area contributed by atoms with E-state index in [9.17, 15) is 8.78 Å². The van der Waals surface area contributed by atoms with Crippen LogP contribution in [0.25, 0.3) is 0 Å². The lowest BCUT2D eigenvalue weighted by Crippen LogP contribution is -2.45. The summed E-state index contributed by atoms with van der Waals surface area (Å²) in [5.41, 5.74) is 5.59. The smallest absolute Gasteiger partial charge is 0.189 e. The Morgan fingerprint density at radius 2 is 1.77 bits per heavy atom. The number of rotatable bonds is 4. The van der Waals surface area contributed by atoms with Crippen molar-refractivity contribution in [3.8, 4) is 0 Å². The minimum atomic E-state index is -0.578. The number of hydrogen-bond acceptors (Lipinski definition) is 2. The number of nitrogens with zero attached hydrogens (tertiary/aromatic N) is 2. The van der Waals surface area contributed by atoms with Crippen LogP contribution in [-0.4, -0.2) is 37.0 Å². The highest BCUT2D eigenvalue weighted by molar-refractivity contribution is 14.0. The van der Waals surface area contributed by atoms with Crippen LogP contribution in [0, 0.1) is 11.6 Å². The van der Waals surface area contributed by atoms with Crippen LogP contribution in [0.15, 0.2) is 23.2 Å². The topological polar surface area (TPSA) is 53.6 Å². The maximum absolute atomic E-state index is 13.9. The molecule has 1 aromatic carbocycles. The Morgan fingerprint density at radius 1 is 1.27 bits per heavy atom. The molecule has 7 heteroatoms. The second-order valence-corrected chi connectivity index (χ2v) is 6.22. The molecule has 0 radical (unpaired) electrons. The summed E-state index contributed by atoms with van der Waals surface area (Å²) >= 11 is 0. The fraction of sp³-hybridized carbons (Fsp3) is 0.533. The molecular weight excluding hydrogens is 401 g/mol. The van der Waals surface area contributed by atoms with Crippen LogP contribution in [0.4, 0.5) is 8.78 Å². The van der Waals surface area contributed by atoms with Crippen molar-refractivity contribution in [2.24, 2.45) is 10.7 Å². The lowest BCUT2D eigenvalue weighted by molar-refractivity contribution is 0.290. The molecule has 0 aliphatic rings. The van der Waals surface area contributed by atoms with Crippen LogP contribution in [-0.2, 0) is 0 Å². The molecule has 0 saturated carbocycles. The molecule has 0 aliphatic heterocycles. The van der Waals surface area contributed by atoms with Crippen molar-refractivity contribution in [1.29, 1.82) is 0 Å². The van der Waals surface area contributed by atoms with Gasteiger partial charge in [0.15, 0.2) is 5.96 Å². The van der Waals surface area contributed by atoms with Crippen LogP contribution >= 0.6 is 24.0 Å². The first kappa shape index (κ1) is 21.0. The summed E-state index contributed by atoms with van der Waals surface area (Å²) < 4.78 is 27.8. The lowest BCUT2D eigenvalue weighted by Gasteiger charge is -2.25. The number of nitrogens with two attached hydrogens (primary N) is 1. The standard InChI is InChI=1S/C15H24F2N4.HI/c1-15(2,3)20-14(18)19-9-12(21(4)5)13-10(16)7-6-8-11(13)17;/h6-8,12H,9H2,1-5H3,(H3,18,19,20);1H. The van der Waals surface area contributed by atoms with E-state index in [4.69, 9.17) is 5.73 Å². The molecule has 0 fully saturated rings. The Hall–Kier alpha value is -0.960. The number of likely N-dealkylation sites (N-methyl/N-ethyl adjacent to an activating group) is 1. The van der Waals surface area contributed by atoms with E-state index < -0.39 is 17.7 Å². The van der Waals surface area contributed by atoms with Crippen LogP contribution in [0.3, 0.4) is 0 Å². The maximum atomic E-state index is 13.9. The van der Waals surface area contributed by atoms with Crippen molar-refractivity contribution in [1.82, 2.24) is 10.2 Å². The second kappa shape index (κ2) is 8.61. The van der Waals surface area contributed by atoms with E-state index in [0.717, 1.165) is 0 Å². The van der Waals surface area contributed by atoms with Crippen LogP contribution in [0.1, 0.15) is 32.4 Å². The zero-order valence-electron chi connectivity index (χ0n) is 13.7. The van der Waals surface area contributed by atoms with Crippen LogP contribution < -0.4 is 11.1 Å². The van der Waals surface area contributed by atoms with E-state index in [0.29, 0.717) is 0 Å². The number of hydrogen-bond donors (Lipinski definition) is 2. The molecule has 1 unspecified atom stereocenters. The van der Waals surface area contributed by atoms with E-state index in [1.54, 1.807) is 19.0 Å². The van der Waals surface area contributed by atoms with Crippen molar-refractivity contribution in [2.45, 2.75) is 32.4 Å². The summed E-state index contributed by atoms with van der Waals surface area (Å²) in [6, 6.07) is 3.32. The van der Waals surface area contributed by atoms with Crippen molar-refractivity contribution in [2.75, 3.05) is 20.6 Å². The van der Waals surface area contributed by atoms with Gasteiger partial charge in [-0.25, -0.2) is 8.78 Å². The molecule has 3 N–H and O–H groups in total. The first-order chi connectivity index (χ1) is 9.61. The molecule has 1 aromatic rings. The highest BCUT2D eigenvalue weighted by atomic mass is 127. The van der Waals surface area contributed by atoms with E-state index in [-0.39, 0.29) is 47.6 Å². The van der Waals surface area contributed by atoms with Gasteiger partial charge in [0.25, 0.3) is 0 Å². The second-order valence-electron chi connectivity index (χ2n) is 6.22. The minimum Gasteiger partial charge on any atom is -0.370 e. The largest absolute Gasteiger partial charge is 0.370 e. The summed E-state index contributed by atoms with van der Waals surface area (Å²) in [5.74, 6) is -0.899. The minimum absolute atomic E-state index is 0. The Morgan fingerprint density at radius 3 is 2.18 bits per heavy atom. The molecule has 4 nitrogen and oxygen atoms in total. The molecule has 22 heavy (non-hydrogen) atoms. The monoisotopic (exact) mass is 426 g/mol. The first-order valence-corrected chi connectivity index (χ1v) is 6.80. The fourth-order valence-corrected chi connectivity index (χ4v) is 1.95. The Bertz CT molecular complexity index is 493. The third-order valence-corrected chi connectivity index (χ3v) is 2.89. The van der Waals surface area contributed by atoms with Gasteiger partial charge in [-0.1, -0.05) is 6.07 Å². The summed E-state index contributed by atoms with van der Waals surface area (Å²) in [7, 11) is 3.50. The van der Waals surface area contributed by atoms with Crippen molar-refractivity contribution in [3.05, 3.63) is 35.4 Å². The van der Waals surface area contributed by atoms with E-state index >= 15 is 0 Å². The molecule has 0 aliphatic carbocycles. The third kappa shape index (κ3) is 6.43. The molecule has 1 atom stereocenters. The number of benzene rings is 1. The van der Waals surface area contributed by atoms with Gasteiger partial charge in [0, 0.05) is 11.1 Å². The molecule has 126 valence electrons. The van der Waals surface area contributed by atoms with Crippen molar-refractivity contribution < 1.29 is 8.78 Å². The summed E-state index contributed by atoms with van der Waals surface area (Å²) in [6.07, 6.45) is 0. The summed E-state index contributed by atoms with van der Waals surface area (Å²) in [6.45, 7) is 6.03. The molecule has 0 saturated heterocycles. The van der Waals surface area contributed by atoms with Gasteiger partial charge in [0.2, 0.25) is 0 Å². The average molecular weight is 426 g/mol. The first-order valence-electron chi connectivity index (χ1n) is 6.80. The normalized spacial score (nSPS) is 13.7. The molecule has 0 amide bonds. The Kier molecular flexibility index (Phi) is 8.24. The van der Waals surface area contributed by atoms with Gasteiger partial charge in [-0.15, -0.1) is 24.0 Å². The predicted molar refractivity (Wildman–Crippen MR) is 97.6 cm³/mol. The Balaban J connectivity index is 0.00000441. The zero-order chi connectivity index (χ0) is 16.2. The molecule has 1 rings (SSSR count). The van der Waals surface area contributed by atoms with Gasteiger partial charge in [-0.2, -0.15) is 0 Å². The number of aliphatic imine (C=N–C) groups is 1. The zero-order valence-corrected chi connectivity index (χ0v) is 16.0. The quantitative estimate of drug-likeness (QED) is 0.443. The van der Waals surface area contributed by atoms with Crippen LogP contribution in [0.5, 0.6) is 0 Å². The highest BCUT2D eigenvalue weighted by Gasteiger charge is 2.22. The molecule has 0 bridgehead atoms. The Labute approximate surface area is 148 Å². The number of halogens is 3. The highest BCUT2D eigenvalue weighted by Crippen LogP contribution is 2.24. The predicted octanol–water partition coefficient (Wildman–Crippen LogP) is 2.89. The van der Waals surface area contributed by atoms with Crippen molar-refractivity contribution >= 4 is 29.9 Å². The SMILES string of the molecule is CN(C)C(CN=C(N)NC(C)(C)C)c1c(F)cccc1F.I. The summed E-state index contributed by atoms with van der Waals surface area (Å²) in [5, 5.41) is 3.02. The van der Waals surface area contributed by atoms with Gasteiger partial charge in [0.05, 0.1) is 12.6 Å². The summed E-state index contributed by atoms with van der Waals surface area (Å²) in [4.78, 5) is 5.92. The van der Waals surface area contributed by atoms with Gasteiger partial charge >= 0.3 is 0 Å². The fourth-order valence-electron chi connectivity index (χ4n) is 1.95. The van der Waals surface area contributed by atoms with Gasteiger partial charge in [0.1, 0.15) is 11.6 Å². The molecule has 0 aromatic heterocycles. The average Bonchev–Trinajstić information content (AvgIpc) is 2.29. The van der Waals surface area contributed by atoms with Gasteiger partial charge in [-0.3, -0.25) is 4.99 Å². The van der Waals surface area contributed by atoms with Gasteiger partial charge < -0.3 is 16.0 Å². The molecule has 0 spiro atoms. The maximum Gasteiger partial charge on any atom is 0.189 e. The van der Waals surface area contributed by atoms with E-state index in [1.165, 1.54) is 18.2 Å². The van der Waals surface area contributed by atoms with E-state index in [1.807, 2.05) is 20.8 Å². The number of guanidine groups is 1. The number of nitrogens with one attached hydrogen (secondary N) is 1. The van der Waals surface area contributed by atoms with E-state index in [2.05, 4.69) is 10.3 Å². The molecule has 0 heterocycles. The third-order valence-electron chi connectivity index (χ3n) is 2.89. The van der Waals surface area contributed by atoms with Crippen LogP contribution in [0.2, 0.25) is 0 Å². The van der Waals surface area contributed by atoms with Crippen molar-refractivity contribution in [3.63, 3.8) is 0 Å². The molecular formula is C15H25F2IN4.